The smallest absolute Gasteiger partial charge is 0.303 e. The van der Waals surface area contributed by atoms with E-state index in [-0.39, 0.29) is 17.8 Å². The number of carbonyl (C=O) groups is 1. The Kier molecular flexibility index (Phi) is 6.85. The van der Waals surface area contributed by atoms with E-state index in [1.807, 2.05) is 26.8 Å². The predicted octanol–water partition coefficient (Wildman–Crippen LogP) is 6.89. The molecule has 0 spiro atoms. The highest BCUT2D eigenvalue weighted by Gasteiger charge is 2.60. The maximum atomic E-state index is 15.5. The summed E-state index contributed by atoms with van der Waals surface area (Å²) >= 11 is 0. The van der Waals surface area contributed by atoms with Crippen LogP contribution in [0.5, 0.6) is 0 Å². The minimum atomic E-state index is -1.59. The van der Waals surface area contributed by atoms with E-state index in [0.29, 0.717) is 23.3 Å². The van der Waals surface area contributed by atoms with Crippen molar-refractivity contribution in [3.63, 3.8) is 0 Å². The summed E-state index contributed by atoms with van der Waals surface area (Å²) in [5, 5.41) is 10.1. The van der Waals surface area contributed by atoms with Crippen LogP contribution < -0.4 is 0 Å². The average molecular weight is 479 g/mol. The van der Waals surface area contributed by atoms with Gasteiger partial charge in [-0.3, -0.25) is 4.79 Å². The number of allylic oxidation sites excluding steroid dienone is 3. The van der Waals surface area contributed by atoms with Gasteiger partial charge in [0.2, 0.25) is 0 Å². The lowest BCUT2D eigenvalue weighted by atomic mass is 9.49. The number of esters is 1. The summed E-state index contributed by atoms with van der Waals surface area (Å²) in [6.07, 6.45) is 7.22. The molecule has 0 aromatic carbocycles. The molecule has 0 amide bonds. The lowest BCUT2D eigenvalue weighted by Gasteiger charge is -2.56. The largest absolute Gasteiger partial charge is 0.456 e. The lowest BCUT2D eigenvalue weighted by Crippen LogP contribution is -2.54. The topological polar surface area (TPSA) is 46.5 Å². The molecule has 3 fully saturated rings. The Morgan fingerprint density at radius 2 is 1.91 bits per heavy atom. The van der Waals surface area contributed by atoms with Crippen molar-refractivity contribution in [3.05, 3.63) is 23.3 Å². The molecule has 3 unspecified atom stereocenters. The second-order valence-corrected chi connectivity index (χ2v) is 12.9. The van der Waals surface area contributed by atoms with Gasteiger partial charge >= 0.3 is 5.97 Å². The van der Waals surface area contributed by atoms with Gasteiger partial charge in [-0.15, -0.1) is 0 Å². The van der Waals surface area contributed by atoms with Crippen molar-refractivity contribution in [1.29, 1.82) is 0 Å². The van der Waals surface area contributed by atoms with Gasteiger partial charge < -0.3 is 9.84 Å². The third-order valence-corrected chi connectivity index (χ3v) is 10.1. The number of ether oxygens (including phenoxy) is 1. The molecule has 0 bridgehead atoms. The first-order chi connectivity index (χ1) is 15.8. The van der Waals surface area contributed by atoms with Crippen molar-refractivity contribution < 1.29 is 23.4 Å². The van der Waals surface area contributed by atoms with Crippen LogP contribution in [0.2, 0.25) is 0 Å². The Labute approximate surface area is 204 Å². The predicted molar refractivity (Wildman–Crippen MR) is 131 cm³/mol. The number of rotatable bonds is 6. The molecule has 1 N–H and O–H groups in total. The molecule has 0 aromatic rings. The minimum absolute atomic E-state index is 0.157. The first kappa shape index (κ1) is 25.9. The van der Waals surface area contributed by atoms with Crippen LogP contribution in [-0.2, 0) is 9.53 Å². The molecule has 0 saturated heterocycles. The van der Waals surface area contributed by atoms with Gasteiger partial charge in [0.15, 0.2) is 12.3 Å². The van der Waals surface area contributed by atoms with Gasteiger partial charge in [0.05, 0.1) is 5.60 Å². The van der Waals surface area contributed by atoms with Gasteiger partial charge in [0.1, 0.15) is 6.17 Å². The fraction of sp³-hybridized carbons (Fsp3) is 0.828. The first-order valence-corrected chi connectivity index (χ1v) is 13.4. The molecule has 192 valence electrons. The number of fused-ring (bicyclic) bond motifs is 5. The van der Waals surface area contributed by atoms with Crippen LogP contribution >= 0.6 is 0 Å². The van der Waals surface area contributed by atoms with Crippen molar-refractivity contribution in [2.45, 2.75) is 117 Å². The molecule has 0 heterocycles. The summed E-state index contributed by atoms with van der Waals surface area (Å²) < 4.78 is 35.7. The first-order valence-electron chi connectivity index (χ1n) is 13.4. The SMILES string of the molecule is CC(=O)OC1C(F)C[C@@]2(C)C(=CC=C3[C@@H]4CC[C@H]([C@H](C)CCCC(C)(C)O)[C@@]4(C)CC[C@@H]32)C1F. The van der Waals surface area contributed by atoms with E-state index in [0.717, 1.165) is 38.5 Å². The summed E-state index contributed by atoms with van der Waals surface area (Å²) in [4.78, 5) is 11.4. The highest BCUT2D eigenvalue weighted by molar-refractivity contribution is 5.66. The number of alkyl halides is 2. The average Bonchev–Trinajstić information content (AvgIpc) is 3.07. The second kappa shape index (κ2) is 9.01. The Bertz CT molecular complexity index is 858. The van der Waals surface area contributed by atoms with E-state index >= 15 is 8.78 Å². The van der Waals surface area contributed by atoms with Crippen molar-refractivity contribution in [3.8, 4) is 0 Å². The van der Waals surface area contributed by atoms with Gasteiger partial charge in [0, 0.05) is 12.3 Å². The molecule has 4 aliphatic carbocycles. The molecule has 3 saturated carbocycles. The van der Waals surface area contributed by atoms with Gasteiger partial charge in [0.25, 0.3) is 0 Å². The van der Waals surface area contributed by atoms with Crippen molar-refractivity contribution in [1.82, 2.24) is 0 Å². The van der Waals surface area contributed by atoms with E-state index in [1.165, 1.54) is 18.9 Å². The Hall–Kier alpha value is -1.23. The zero-order valence-electron chi connectivity index (χ0n) is 21.9. The number of hydrogen-bond acceptors (Lipinski definition) is 3. The maximum Gasteiger partial charge on any atom is 0.303 e. The van der Waals surface area contributed by atoms with E-state index in [9.17, 15) is 9.90 Å². The van der Waals surface area contributed by atoms with E-state index in [1.54, 1.807) is 0 Å². The quantitative estimate of drug-likeness (QED) is 0.423. The van der Waals surface area contributed by atoms with Gasteiger partial charge in [-0.25, -0.2) is 8.78 Å². The summed E-state index contributed by atoms with van der Waals surface area (Å²) in [7, 11) is 0. The van der Waals surface area contributed by atoms with Crippen LogP contribution in [0.15, 0.2) is 23.3 Å². The Morgan fingerprint density at radius 1 is 1.21 bits per heavy atom. The molecule has 34 heavy (non-hydrogen) atoms. The molecule has 0 aliphatic heterocycles. The summed E-state index contributed by atoms with van der Waals surface area (Å²) in [5.74, 6) is 1.23. The number of hydrogen-bond donors (Lipinski definition) is 1. The zero-order chi connectivity index (χ0) is 25.1. The normalized spacial score (nSPS) is 42.6. The molecule has 9 atom stereocenters. The summed E-state index contributed by atoms with van der Waals surface area (Å²) in [6, 6.07) is 0. The number of aliphatic hydroxyl groups is 1. The van der Waals surface area contributed by atoms with E-state index in [4.69, 9.17) is 4.74 Å². The standard InChI is InChI=1S/C29H44F2O3/c1-17(8-7-14-27(3,4)33)20-11-12-21-19-9-10-23-25(31)26(34-18(2)32)24(30)16-29(23,6)22(19)13-15-28(20,21)5/h9-10,17,20-22,24-26,33H,7-8,11-16H2,1-6H3/t17-,20-,21+,22+,24?,25?,26?,28-,29-/m1/s1. The highest BCUT2D eigenvalue weighted by Crippen LogP contribution is 2.66. The summed E-state index contributed by atoms with van der Waals surface area (Å²) in [5.41, 5.74) is 1.06. The van der Waals surface area contributed by atoms with Gasteiger partial charge in [-0.1, -0.05) is 51.3 Å². The third kappa shape index (κ3) is 4.40. The second-order valence-electron chi connectivity index (χ2n) is 12.9. The van der Waals surface area contributed by atoms with Crippen LogP contribution in [0.1, 0.15) is 92.9 Å². The molecule has 3 nitrogen and oxygen atoms in total. The number of carbonyl (C=O) groups excluding carboxylic acids is 1. The minimum Gasteiger partial charge on any atom is -0.456 e. The Morgan fingerprint density at radius 3 is 2.56 bits per heavy atom. The van der Waals surface area contributed by atoms with Gasteiger partial charge in [-0.05, 0) is 87.0 Å². The molecule has 4 rings (SSSR count). The monoisotopic (exact) mass is 478 g/mol. The molecular weight excluding hydrogens is 434 g/mol. The Balaban J connectivity index is 1.55. The van der Waals surface area contributed by atoms with Crippen molar-refractivity contribution in [2.75, 3.05) is 0 Å². The lowest BCUT2D eigenvalue weighted by molar-refractivity contribution is -0.158. The summed E-state index contributed by atoms with van der Waals surface area (Å²) in [6.45, 7) is 11.8. The zero-order valence-corrected chi connectivity index (χ0v) is 21.9. The molecule has 0 aromatic heterocycles. The molecule has 4 aliphatic rings. The fourth-order valence-corrected chi connectivity index (χ4v) is 8.40. The van der Waals surface area contributed by atoms with Crippen molar-refractivity contribution in [2.24, 2.45) is 34.5 Å². The van der Waals surface area contributed by atoms with Crippen LogP contribution in [0.4, 0.5) is 8.78 Å². The third-order valence-electron chi connectivity index (χ3n) is 10.1. The maximum absolute atomic E-state index is 15.5. The van der Waals surface area contributed by atoms with Crippen molar-refractivity contribution >= 4 is 5.97 Å². The fourth-order valence-electron chi connectivity index (χ4n) is 8.40. The van der Waals surface area contributed by atoms with E-state index < -0.39 is 35.4 Å². The van der Waals surface area contributed by atoms with Gasteiger partial charge in [-0.2, -0.15) is 0 Å². The van der Waals surface area contributed by atoms with Crippen LogP contribution in [0.3, 0.4) is 0 Å². The molecule has 0 radical (unpaired) electrons. The number of halogens is 2. The van der Waals surface area contributed by atoms with E-state index in [2.05, 4.69) is 19.9 Å². The molecular formula is C29H44F2O3. The highest BCUT2D eigenvalue weighted by atomic mass is 19.1. The van der Waals surface area contributed by atoms with Crippen LogP contribution in [-0.4, -0.2) is 35.1 Å². The van der Waals surface area contributed by atoms with Crippen LogP contribution in [0.25, 0.3) is 0 Å². The van der Waals surface area contributed by atoms with Crippen LogP contribution in [0, 0.1) is 34.5 Å². The molecule has 5 heteroatoms.